The molecule has 0 bridgehead atoms. The molecule has 1 aliphatic rings. The summed E-state index contributed by atoms with van der Waals surface area (Å²) >= 11 is 0. The molecule has 26 heavy (non-hydrogen) atoms. The molecule has 2 aromatic carbocycles. The Kier molecular flexibility index (Phi) is 6.15. The molecular formula is C21H23NO4. The number of amides is 1. The number of carbonyl (C=O) groups is 2. The average molecular weight is 353 g/mol. The van der Waals surface area contributed by atoms with Crippen LogP contribution in [0.4, 0.5) is 0 Å². The van der Waals surface area contributed by atoms with Gasteiger partial charge in [0.15, 0.2) is 5.78 Å². The van der Waals surface area contributed by atoms with Crippen LogP contribution >= 0.6 is 0 Å². The van der Waals surface area contributed by atoms with Gasteiger partial charge in [0.2, 0.25) is 5.91 Å². The van der Waals surface area contributed by atoms with E-state index in [4.69, 9.17) is 9.47 Å². The van der Waals surface area contributed by atoms with Crippen molar-refractivity contribution in [2.45, 2.75) is 38.2 Å². The van der Waals surface area contributed by atoms with E-state index < -0.39 is 12.1 Å². The van der Waals surface area contributed by atoms with E-state index in [1.807, 2.05) is 60.7 Å². The van der Waals surface area contributed by atoms with Gasteiger partial charge >= 0.3 is 0 Å². The van der Waals surface area contributed by atoms with E-state index in [1.54, 1.807) is 6.92 Å². The Balaban J connectivity index is 1.68. The third-order valence-corrected chi connectivity index (χ3v) is 4.45. The van der Waals surface area contributed by atoms with Crippen LogP contribution in [0.25, 0.3) is 0 Å². The fourth-order valence-electron chi connectivity index (χ4n) is 2.93. The minimum Gasteiger partial charge on any atom is -0.368 e. The molecule has 1 fully saturated rings. The lowest BCUT2D eigenvalue weighted by Crippen LogP contribution is -2.49. The topological polar surface area (TPSA) is 64.6 Å². The number of benzene rings is 2. The van der Waals surface area contributed by atoms with Gasteiger partial charge in [-0.15, -0.1) is 0 Å². The van der Waals surface area contributed by atoms with E-state index in [9.17, 15) is 9.59 Å². The summed E-state index contributed by atoms with van der Waals surface area (Å²) in [4.78, 5) is 24.7. The molecule has 1 saturated heterocycles. The molecule has 0 radical (unpaired) electrons. The highest BCUT2D eigenvalue weighted by Crippen LogP contribution is 2.13. The third-order valence-electron chi connectivity index (χ3n) is 4.45. The van der Waals surface area contributed by atoms with Gasteiger partial charge in [0.25, 0.3) is 0 Å². The molecule has 1 N–H and O–H groups in total. The minimum atomic E-state index is -0.682. The van der Waals surface area contributed by atoms with Gasteiger partial charge in [-0.05, 0) is 18.1 Å². The monoisotopic (exact) mass is 353 g/mol. The molecular weight excluding hydrogens is 330 g/mol. The predicted octanol–water partition coefficient (Wildman–Crippen LogP) is 2.29. The quantitative estimate of drug-likeness (QED) is 0.829. The van der Waals surface area contributed by atoms with Crippen LogP contribution in [0.3, 0.4) is 0 Å². The maximum atomic E-state index is 12.8. The molecule has 1 aliphatic heterocycles. The molecule has 0 spiro atoms. The van der Waals surface area contributed by atoms with Gasteiger partial charge in [0.05, 0.1) is 12.7 Å². The van der Waals surface area contributed by atoms with E-state index in [0.717, 1.165) is 11.1 Å². The number of nitrogens with one attached hydrogen (secondary N) is 1. The first-order valence-electron chi connectivity index (χ1n) is 8.77. The van der Waals surface area contributed by atoms with Gasteiger partial charge < -0.3 is 14.8 Å². The van der Waals surface area contributed by atoms with Crippen molar-refractivity contribution in [2.24, 2.45) is 0 Å². The van der Waals surface area contributed by atoms with Crippen LogP contribution in [0, 0.1) is 0 Å². The summed E-state index contributed by atoms with van der Waals surface area (Å²) in [7, 11) is 0. The average Bonchev–Trinajstić information content (AvgIpc) is 2.98. The number of Topliss-reactive ketones (excluding diaryl/α,β-unsaturated/α-hetero) is 1. The Bertz CT molecular complexity index is 732. The molecule has 0 aromatic heterocycles. The molecule has 0 aliphatic carbocycles. The maximum absolute atomic E-state index is 12.8. The normalized spacial score (nSPS) is 20.7. The zero-order valence-electron chi connectivity index (χ0n) is 14.8. The van der Waals surface area contributed by atoms with Crippen LogP contribution in [0.1, 0.15) is 18.1 Å². The molecule has 3 rings (SSSR count). The van der Waals surface area contributed by atoms with Gasteiger partial charge in [-0.2, -0.15) is 0 Å². The fourth-order valence-corrected chi connectivity index (χ4v) is 2.93. The van der Waals surface area contributed by atoms with Gasteiger partial charge in [0, 0.05) is 6.42 Å². The second-order valence-corrected chi connectivity index (χ2v) is 6.44. The van der Waals surface area contributed by atoms with E-state index in [2.05, 4.69) is 5.32 Å². The van der Waals surface area contributed by atoms with E-state index in [0.29, 0.717) is 13.0 Å². The van der Waals surface area contributed by atoms with Crippen molar-refractivity contribution in [2.75, 3.05) is 6.61 Å². The minimum absolute atomic E-state index is 0.0420. The van der Waals surface area contributed by atoms with Gasteiger partial charge in [-0.3, -0.25) is 9.59 Å². The summed E-state index contributed by atoms with van der Waals surface area (Å²) in [5.41, 5.74) is 2.00. The Hall–Kier alpha value is -2.50. The zero-order chi connectivity index (χ0) is 18.4. The molecule has 1 amide bonds. The van der Waals surface area contributed by atoms with Crippen molar-refractivity contribution in [1.29, 1.82) is 0 Å². The lowest BCUT2D eigenvalue weighted by molar-refractivity contribution is -0.136. The van der Waals surface area contributed by atoms with Crippen molar-refractivity contribution in [3.05, 3.63) is 71.8 Å². The van der Waals surface area contributed by atoms with Crippen LogP contribution in [-0.4, -0.2) is 36.5 Å². The van der Waals surface area contributed by atoms with Crippen molar-refractivity contribution >= 4 is 11.7 Å². The molecule has 5 heteroatoms. The van der Waals surface area contributed by atoms with Crippen LogP contribution in [0.15, 0.2) is 60.7 Å². The number of hydrogen-bond acceptors (Lipinski definition) is 4. The Morgan fingerprint density at radius 1 is 1.12 bits per heavy atom. The lowest BCUT2D eigenvalue weighted by atomic mass is 10.1. The summed E-state index contributed by atoms with van der Waals surface area (Å²) in [5.74, 6) is -0.396. The summed E-state index contributed by atoms with van der Waals surface area (Å²) in [6.45, 7) is 2.16. The van der Waals surface area contributed by atoms with Crippen molar-refractivity contribution in [3.63, 3.8) is 0 Å². The number of hydrogen-bond donors (Lipinski definition) is 1. The highest BCUT2D eigenvalue weighted by atomic mass is 16.5. The largest absolute Gasteiger partial charge is 0.368 e. The summed E-state index contributed by atoms with van der Waals surface area (Å²) in [5, 5.41) is 2.80. The van der Waals surface area contributed by atoms with Gasteiger partial charge in [0.1, 0.15) is 18.8 Å². The number of rotatable bonds is 7. The van der Waals surface area contributed by atoms with Crippen LogP contribution in [-0.2, 0) is 32.1 Å². The Labute approximate surface area is 153 Å². The Morgan fingerprint density at radius 2 is 1.73 bits per heavy atom. The first kappa shape index (κ1) is 18.3. The van der Waals surface area contributed by atoms with Crippen LogP contribution in [0.5, 0.6) is 0 Å². The second kappa shape index (κ2) is 8.74. The second-order valence-electron chi connectivity index (χ2n) is 6.44. The molecule has 2 aromatic rings. The van der Waals surface area contributed by atoms with Crippen LogP contribution < -0.4 is 5.32 Å². The smallest absolute Gasteiger partial charge is 0.250 e. The maximum Gasteiger partial charge on any atom is 0.250 e. The summed E-state index contributed by atoms with van der Waals surface area (Å²) in [6.07, 6.45) is -0.563. The molecule has 136 valence electrons. The van der Waals surface area contributed by atoms with Gasteiger partial charge in [-0.1, -0.05) is 60.7 Å². The van der Waals surface area contributed by atoms with E-state index >= 15 is 0 Å². The summed E-state index contributed by atoms with van der Waals surface area (Å²) in [6, 6.07) is 18.8. The van der Waals surface area contributed by atoms with Crippen molar-refractivity contribution in [3.8, 4) is 0 Å². The van der Waals surface area contributed by atoms with E-state index in [1.165, 1.54) is 0 Å². The molecule has 1 unspecified atom stereocenters. The lowest BCUT2D eigenvalue weighted by Gasteiger charge is -2.21. The molecule has 5 nitrogen and oxygen atoms in total. The van der Waals surface area contributed by atoms with Crippen molar-refractivity contribution in [1.82, 2.24) is 5.32 Å². The number of ether oxygens (including phenoxy) is 2. The van der Waals surface area contributed by atoms with E-state index in [-0.39, 0.29) is 24.4 Å². The molecule has 0 saturated carbocycles. The first-order valence-corrected chi connectivity index (χ1v) is 8.77. The fraction of sp³-hybridized carbons (Fsp3) is 0.333. The van der Waals surface area contributed by atoms with Crippen LogP contribution in [0.2, 0.25) is 0 Å². The number of ketones is 1. The summed E-state index contributed by atoms with van der Waals surface area (Å²) < 4.78 is 11.2. The molecule has 3 atom stereocenters. The zero-order valence-corrected chi connectivity index (χ0v) is 14.8. The number of carbonyl (C=O) groups excluding carboxylic acids is 2. The Morgan fingerprint density at radius 3 is 2.31 bits per heavy atom. The predicted molar refractivity (Wildman–Crippen MR) is 97.5 cm³/mol. The third kappa shape index (κ3) is 4.77. The molecule has 1 heterocycles. The highest BCUT2D eigenvalue weighted by Gasteiger charge is 2.35. The van der Waals surface area contributed by atoms with Gasteiger partial charge in [-0.25, -0.2) is 0 Å². The SMILES string of the molecule is C[C@H]1OCC(=O)[C@H]1NC(=O)C(Cc1ccccc1)OCc1ccccc1. The van der Waals surface area contributed by atoms with Crippen molar-refractivity contribution < 1.29 is 19.1 Å². The highest BCUT2D eigenvalue weighted by molar-refractivity contribution is 5.93. The first-order chi connectivity index (χ1) is 12.6. The standard InChI is InChI=1S/C21H23NO4/c1-15-20(18(23)14-25-15)22-21(24)19(12-16-8-4-2-5-9-16)26-13-17-10-6-3-7-11-17/h2-11,15,19-20H,12-14H2,1H3,(H,22,24)/t15-,19?,20+/m1/s1.